The number of rotatable bonds is 4. The third-order valence-corrected chi connectivity index (χ3v) is 2.59. The number of carbonyl (C=O) groups excluding carboxylic acids is 2. The van der Waals surface area contributed by atoms with Gasteiger partial charge >= 0.3 is 0 Å². The highest BCUT2D eigenvalue weighted by Gasteiger charge is 2.19. The van der Waals surface area contributed by atoms with E-state index in [1.165, 1.54) is 12.3 Å². The Balaban J connectivity index is 2.65. The molecule has 0 aliphatic carbocycles. The van der Waals surface area contributed by atoms with Crippen molar-refractivity contribution in [2.75, 3.05) is 19.3 Å². The molecule has 1 atom stereocenters. The number of hydrogen-bond acceptors (Lipinski definition) is 4. The summed E-state index contributed by atoms with van der Waals surface area (Å²) in [5, 5.41) is 2.60. The van der Waals surface area contributed by atoms with Gasteiger partial charge in [-0.2, -0.15) is 0 Å². The molecule has 1 heterocycles. The summed E-state index contributed by atoms with van der Waals surface area (Å²) in [6.45, 7) is 4.11. The molecule has 0 radical (unpaired) electrons. The molecule has 0 aromatic carbocycles. The lowest BCUT2D eigenvalue weighted by Crippen LogP contribution is -2.45. The van der Waals surface area contributed by atoms with Crippen LogP contribution in [0.15, 0.2) is 18.3 Å². The van der Waals surface area contributed by atoms with Gasteiger partial charge in [0.1, 0.15) is 11.7 Å². The van der Waals surface area contributed by atoms with Crippen LogP contribution in [0.4, 0.5) is 5.69 Å². The molecule has 3 N–H and O–H groups in total. The van der Waals surface area contributed by atoms with Crippen molar-refractivity contribution in [3.8, 4) is 0 Å². The molecule has 1 rings (SSSR count). The molecule has 0 saturated heterocycles. The second-order valence-electron chi connectivity index (χ2n) is 4.02. The van der Waals surface area contributed by atoms with Crippen molar-refractivity contribution in [2.45, 2.75) is 19.9 Å². The Morgan fingerprint density at radius 3 is 2.67 bits per heavy atom. The quantitative estimate of drug-likeness (QED) is 0.802. The Kier molecular flexibility index (Phi) is 4.65. The topological polar surface area (TPSA) is 88.3 Å². The second kappa shape index (κ2) is 6.00. The number of nitrogens with two attached hydrogens (primary N) is 1. The minimum atomic E-state index is -0.582. The van der Waals surface area contributed by atoms with Crippen LogP contribution in [0, 0.1) is 0 Å². The van der Waals surface area contributed by atoms with Gasteiger partial charge in [0.15, 0.2) is 0 Å². The molecule has 2 amide bonds. The predicted octanol–water partition coefficient (Wildman–Crippen LogP) is 0.260. The zero-order valence-electron chi connectivity index (χ0n) is 10.8. The van der Waals surface area contributed by atoms with Gasteiger partial charge in [0.2, 0.25) is 5.91 Å². The molecule has 1 aromatic heterocycles. The number of anilines is 1. The van der Waals surface area contributed by atoms with E-state index < -0.39 is 6.04 Å². The molecule has 0 bridgehead atoms. The predicted molar refractivity (Wildman–Crippen MR) is 68.9 cm³/mol. The summed E-state index contributed by atoms with van der Waals surface area (Å²) < 4.78 is 0. The first-order valence-corrected chi connectivity index (χ1v) is 5.73. The number of amides is 2. The van der Waals surface area contributed by atoms with Crippen molar-refractivity contribution >= 4 is 17.5 Å². The van der Waals surface area contributed by atoms with Gasteiger partial charge in [-0.3, -0.25) is 9.59 Å². The van der Waals surface area contributed by atoms with Crippen LogP contribution in [0.2, 0.25) is 0 Å². The van der Waals surface area contributed by atoms with Crippen LogP contribution in [0.1, 0.15) is 24.3 Å². The average molecular weight is 250 g/mol. The highest BCUT2D eigenvalue weighted by atomic mass is 16.2. The van der Waals surface area contributed by atoms with Gasteiger partial charge in [0, 0.05) is 13.6 Å². The molecular weight excluding hydrogens is 232 g/mol. The molecule has 1 aromatic rings. The van der Waals surface area contributed by atoms with Crippen molar-refractivity contribution in [1.82, 2.24) is 15.2 Å². The van der Waals surface area contributed by atoms with Crippen molar-refractivity contribution < 1.29 is 9.59 Å². The Labute approximate surface area is 106 Å². The fourth-order valence-corrected chi connectivity index (χ4v) is 1.36. The summed E-state index contributed by atoms with van der Waals surface area (Å²) in [7, 11) is 1.69. The minimum Gasteiger partial charge on any atom is -0.397 e. The summed E-state index contributed by atoms with van der Waals surface area (Å²) in [6.07, 6.45) is 1.40. The highest BCUT2D eigenvalue weighted by molar-refractivity contribution is 5.96. The van der Waals surface area contributed by atoms with Crippen LogP contribution in [-0.4, -0.2) is 41.3 Å². The summed E-state index contributed by atoms with van der Waals surface area (Å²) >= 11 is 0. The highest BCUT2D eigenvalue weighted by Crippen LogP contribution is 2.02. The van der Waals surface area contributed by atoms with Gasteiger partial charge < -0.3 is 16.0 Å². The largest absolute Gasteiger partial charge is 0.397 e. The third kappa shape index (κ3) is 3.44. The summed E-state index contributed by atoms with van der Waals surface area (Å²) in [6, 6.07) is 2.53. The number of carbonyl (C=O) groups is 2. The minimum absolute atomic E-state index is 0.138. The summed E-state index contributed by atoms with van der Waals surface area (Å²) in [5.41, 5.74) is 6.21. The Bertz CT molecular complexity index is 430. The number of pyridine rings is 1. The number of likely N-dealkylation sites (N-methyl/N-ethyl adjacent to an activating group) is 1. The van der Waals surface area contributed by atoms with E-state index in [4.69, 9.17) is 5.73 Å². The van der Waals surface area contributed by atoms with Crippen molar-refractivity contribution in [3.63, 3.8) is 0 Å². The monoisotopic (exact) mass is 250 g/mol. The van der Waals surface area contributed by atoms with Crippen LogP contribution in [0.3, 0.4) is 0 Å². The van der Waals surface area contributed by atoms with E-state index in [2.05, 4.69) is 10.3 Å². The van der Waals surface area contributed by atoms with Crippen molar-refractivity contribution in [3.05, 3.63) is 24.0 Å². The van der Waals surface area contributed by atoms with E-state index in [0.29, 0.717) is 12.2 Å². The van der Waals surface area contributed by atoms with E-state index in [1.807, 2.05) is 6.92 Å². The molecule has 0 fully saturated rings. The first-order chi connectivity index (χ1) is 8.45. The molecule has 98 valence electrons. The van der Waals surface area contributed by atoms with Gasteiger partial charge in [-0.1, -0.05) is 0 Å². The van der Waals surface area contributed by atoms with E-state index in [1.54, 1.807) is 24.9 Å². The Hall–Kier alpha value is -2.11. The third-order valence-electron chi connectivity index (χ3n) is 2.59. The molecule has 0 aliphatic heterocycles. The molecule has 6 heteroatoms. The number of nitrogen functional groups attached to an aromatic ring is 1. The number of aromatic nitrogens is 1. The molecule has 0 saturated carbocycles. The fourth-order valence-electron chi connectivity index (χ4n) is 1.36. The Morgan fingerprint density at radius 1 is 1.50 bits per heavy atom. The first kappa shape index (κ1) is 14.0. The lowest BCUT2D eigenvalue weighted by Gasteiger charge is -2.20. The standard InChI is InChI=1S/C12H18N4O2/c1-4-16(3)12(18)8(2)15-11(17)10-6-5-9(13)7-14-10/h5-8H,4,13H2,1-3H3,(H,15,17). The normalized spacial score (nSPS) is 11.7. The maximum Gasteiger partial charge on any atom is 0.270 e. The summed E-state index contributed by atoms with van der Waals surface area (Å²) in [5.74, 6) is -0.526. The molecule has 6 nitrogen and oxygen atoms in total. The molecule has 1 unspecified atom stereocenters. The lowest BCUT2D eigenvalue weighted by atomic mass is 10.2. The van der Waals surface area contributed by atoms with Crippen molar-refractivity contribution in [1.29, 1.82) is 0 Å². The van der Waals surface area contributed by atoms with Crippen LogP contribution < -0.4 is 11.1 Å². The van der Waals surface area contributed by atoms with Crippen LogP contribution in [0.25, 0.3) is 0 Å². The number of nitrogens with one attached hydrogen (secondary N) is 1. The molecular formula is C12H18N4O2. The van der Waals surface area contributed by atoms with Gasteiger partial charge in [-0.15, -0.1) is 0 Å². The van der Waals surface area contributed by atoms with Crippen molar-refractivity contribution in [2.24, 2.45) is 0 Å². The van der Waals surface area contributed by atoms with Gasteiger partial charge in [-0.05, 0) is 26.0 Å². The van der Waals surface area contributed by atoms with E-state index in [9.17, 15) is 9.59 Å². The molecule has 18 heavy (non-hydrogen) atoms. The Morgan fingerprint density at radius 2 is 2.17 bits per heavy atom. The zero-order valence-corrected chi connectivity index (χ0v) is 10.8. The van der Waals surface area contributed by atoms with Crippen LogP contribution in [-0.2, 0) is 4.79 Å². The van der Waals surface area contributed by atoms with Crippen LogP contribution in [0.5, 0.6) is 0 Å². The smallest absolute Gasteiger partial charge is 0.270 e. The van der Waals surface area contributed by atoms with Gasteiger partial charge in [-0.25, -0.2) is 4.98 Å². The first-order valence-electron chi connectivity index (χ1n) is 5.73. The van der Waals surface area contributed by atoms with E-state index in [-0.39, 0.29) is 17.5 Å². The number of hydrogen-bond donors (Lipinski definition) is 2. The van der Waals surface area contributed by atoms with E-state index in [0.717, 1.165) is 0 Å². The maximum absolute atomic E-state index is 11.8. The molecule has 0 spiro atoms. The van der Waals surface area contributed by atoms with Gasteiger partial charge in [0.25, 0.3) is 5.91 Å². The van der Waals surface area contributed by atoms with Gasteiger partial charge in [0.05, 0.1) is 11.9 Å². The molecule has 0 aliphatic rings. The van der Waals surface area contributed by atoms with Crippen LogP contribution >= 0.6 is 0 Å². The second-order valence-corrected chi connectivity index (χ2v) is 4.02. The SMILES string of the molecule is CCN(C)C(=O)C(C)NC(=O)c1ccc(N)cn1. The average Bonchev–Trinajstić information content (AvgIpc) is 2.37. The number of nitrogens with zero attached hydrogens (tertiary/aromatic N) is 2. The zero-order chi connectivity index (χ0) is 13.7. The lowest BCUT2D eigenvalue weighted by molar-refractivity contribution is -0.131. The fraction of sp³-hybridized carbons (Fsp3) is 0.417. The summed E-state index contributed by atoms with van der Waals surface area (Å²) in [4.78, 5) is 29.0. The maximum atomic E-state index is 11.8. The van der Waals surface area contributed by atoms with E-state index >= 15 is 0 Å².